The van der Waals surface area contributed by atoms with Crippen LogP contribution < -0.4 is 15.8 Å². The van der Waals surface area contributed by atoms with Gasteiger partial charge in [0, 0.05) is 26.2 Å². The molecule has 1 aromatic carbocycles. The third kappa shape index (κ3) is 5.96. The number of ether oxygens (including phenoxy) is 1. The molecular formula is C21H33N3O3. The van der Waals surface area contributed by atoms with Crippen molar-refractivity contribution in [2.24, 2.45) is 11.7 Å². The Balaban J connectivity index is 1.93. The van der Waals surface area contributed by atoms with E-state index in [-0.39, 0.29) is 23.1 Å². The number of carbonyl (C=O) groups excluding carboxylic acids is 2. The number of amides is 2. The summed E-state index contributed by atoms with van der Waals surface area (Å²) < 4.78 is 5.85. The molecule has 1 aliphatic rings. The lowest BCUT2D eigenvalue weighted by Crippen LogP contribution is -2.49. The molecule has 0 aliphatic carbocycles. The minimum Gasteiger partial charge on any atom is -0.481 e. The molecule has 0 saturated carbocycles. The second kappa shape index (κ2) is 9.22. The molecule has 1 aliphatic heterocycles. The van der Waals surface area contributed by atoms with E-state index in [1.165, 1.54) is 5.56 Å². The Kier molecular flexibility index (Phi) is 7.25. The zero-order valence-electron chi connectivity index (χ0n) is 17.0. The van der Waals surface area contributed by atoms with Gasteiger partial charge in [0.1, 0.15) is 5.75 Å². The van der Waals surface area contributed by atoms with Gasteiger partial charge in [-0.05, 0) is 42.9 Å². The number of nitrogens with one attached hydrogen (secondary N) is 1. The Morgan fingerprint density at radius 1 is 1.30 bits per heavy atom. The Bertz CT molecular complexity index is 637. The first kappa shape index (κ1) is 21.2. The summed E-state index contributed by atoms with van der Waals surface area (Å²) in [5.74, 6) is 0.404. The zero-order valence-corrected chi connectivity index (χ0v) is 17.0. The van der Waals surface area contributed by atoms with Gasteiger partial charge in [0.2, 0.25) is 5.91 Å². The molecule has 1 fully saturated rings. The standard InChI is InChI=1S/C21H33N3O3/c1-15(27-18-9-7-17(8-10-18)21(2,3)4)20(26)24-13-5-6-16(14-24)19(25)23-12-11-22/h7-10,15-16H,5-6,11-14,22H2,1-4H3,(H,23,25). The van der Waals surface area contributed by atoms with Crippen molar-refractivity contribution in [3.05, 3.63) is 29.8 Å². The monoisotopic (exact) mass is 375 g/mol. The van der Waals surface area contributed by atoms with E-state index in [2.05, 4.69) is 26.1 Å². The summed E-state index contributed by atoms with van der Waals surface area (Å²) in [5.41, 5.74) is 6.73. The summed E-state index contributed by atoms with van der Waals surface area (Å²) in [5, 5.41) is 2.81. The van der Waals surface area contributed by atoms with Crippen LogP contribution >= 0.6 is 0 Å². The van der Waals surface area contributed by atoms with E-state index in [9.17, 15) is 9.59 Å². The van der Waals surface area contributed by atoms with Crippen molar-refractivity contribution in [1.82, 2.24) is 10.2 Å². The first-order chi connectivity index (χ1) is 12.7. The normalized spacial score (nSPS) is 18.7. The summed E-state index contributed by atoms with van der Waals surface area (Å²) in [6, 6.07) is 7.88. The van der Waals surface area contributed by atoms with Gasteiger partial charge >= 0.3 is 0 Å². The third-order valence-corrected chi connectivity index (χ3v) is 4.93. The lowest BCUT2D eigenvalue weighted by atomic mass is 9.87. The van der Waals surface area contributed by atoms with Crippen molar-refractivity contribution in [3.63, 3.8) is 0 Å². The summed E-state index contributed by atoms with van der Waals surface area (Å²) in [4.78, 5) is 26.7. The van der Waals surface area contributed by atoms with Crippen LogP contribution in [0.15, 0.2) is 24.3 Å². The smallest absolute Gasteiger partial charge is 0.263 e. The average Bonchev–Trinajstić information content (AvgIpc) is 2.65. The fraction of sp³-hybridized carbons (Fsp3) is 0.619. The lowest BCUT2D eigenvalue weighted by molar-refractivity contribution is -0.141. The van der Waals surface area contributed by atoms with Gasteiger partial charge in [-0.3, -0.25) is 9.59 Å². The predicted molar refractivity (Wildman–Crippen MR) is 107 cm³/mol. The molecule has 0 bridgehead atoms. The summed E-state index contributed by atoms with van der Waals surface area (Å²) in [6.07, 6.45) is 1.03. The van der Waals surface area contributed by atoms with Gasteiger partial charge in [0.25, 0.3) is 5.91 Å². The van der Waals surface area contributed by atoms with Gasteiger partial charge in [0.05, 0.1) is 5.92 Å². The lowest BCUT2D eigenvalue weighted by Gasteiger charge is -2.33. The Hall–Kier alpha value is -2.08. The molecule has 0 aromatic heterocycles. The van der Waals surface area contributed by atoms with Crippen molar-refractivity contribution in [1.29, 1.82) is 0 Å². The highest BCUT2D eigenvalue weighted by Gasteiger charge is 2.31. The highest BCUT2D eigenvalue weighted by Crippen LogP contribution is 2.25. The number of piperidine rings is 1. The molecule has 2 atom stereocenters. The zero-order chi connectivity index (χ0) is 20.0. The van der Waals surface area contributed by atoms with E-state index < -0.39 is 6.10 Å². The maximum atomic E-state index is 12.8. The number of nitrogens with zero attached hydrogens (tertiary/aromatic N) is 1. The SMILES string of the molecule is CC(Oc1ccc(C(C)(C)C)cc1)C(=O)N1CCCC(C(=O)NCCN)C1. The van der Waals surface area contributed by atoms with Crippen LogP contribution in [0.4, 0.5) is 0 Å². The fourth-order valence-electron chi connectivity index (χ4n) is 3.28. The topological polar surface area (TPSA) is 84.7 Å². The van der Waals surface area contributed by atoms with Gasteiger partial charge in [-0.25, -0.2) is 0 Å². The molecule has 1 heterocycles. The van der Waals surface area contributed by atoms with Crippen molar-refractivity contribution in [3.8, 4) is 5.75 Å². The maximum absolute atomic E-state index is 12.8. The van der Waals surface area contributed by atoms with Crippen molar-refractivity contribution in [2.45, 2.75) is 52.1 Å². The third-order valence-electron chi connectivity index (χ3n) is 4.93. The first-order valence-corrected chi connectivity index (χ1v) is 9.76. The van der Waals surface area contributed by atoms with E-state index in [0.29, 0.717) is 31.9 Å². The van der Waals surface area contributed by atoms with Gasteiger partial charge in [-0.15, -0.1) is 0 Å². The van der Waals surface area contributed by atoms with Gasteiger partial charge in [0.15, 0.2) is 6.10 Å². The summed E-state index contributed by atoms with van der Waals surface area (Å²) >= 11 is 0. The second-order valence-corrected chi connectivity index (χ2v) is 8.24. The molecule has 6 nitrogen and oxygen atoms in total. The molecular weight excluding hydrogens is 342 g/mol. The molecule has 2 amide bonds. The van der Waals surface area contributed by atoms with E-state index >= 15 is 0 Å². The molecule has 2 unspecified atom stereocenters. The Morgan fingerprint density at radius 3 is 2.56 bits per heavy atom. The molecule has 0 radical (unpaired) electrons. The van der Waals surface area contributed by atoms with E-state index in [1.807, 2.05) is 24.3 Å². The number of benzene rings is 1. The number of nitrogens with two attached hydrogens (primary N) is 1. The van der Waals surface area contributed by atoms with Crippen LogP contribution in [-0.4, -0.2) is 49.0 Å². The number of hydrogen-bond acceptors (Lipinski definition) is 4. The van der Waals surface area contributed by atoms with Crippen LogP contribution in [0.1, 0.15) is 46.1 Å². The molecule has 1 aromatic rings. The molecule has 27 heavy (non-hydrogen) atoms. The van der Waals surface area contributed by atoms with Crippen molar-refractivity contribution >= 4 is 11.8 Å². The van der Waals surface area contributed by atoms with Crippen LogP contribution in [0.25, 0.3) is 0 Å². The van der Waals surface area contributed by atoms with Crippen molar-refractivity contribution < 1.29 is 14.3 Å². The van der Waals surface area contributed by atoms with Gasteiger partial charge in [-0.2, -0.15) is 0 Å². The fourth-order valence-corrected chi connectivity index (χ4v) is 3.28. The van der Waals surface area contributed by atoms with E-state index in [1.54, 1.807) is 11.8 Å². The van der Waals surface area contributed by atoms with Crippen LogP contribution in [0.3, 0.4) is 0 Å². The Labute approximate surface area is 162 Å². The average molecular weight is 376 g/mol. The van der Waals surface area contributed by atoms with Crippen LogP contribution in [0.2, 0.25) is 0 Å². The predicted octanol–water partition coefficient (Wildman–Crippen LogP) is 2.06. The summed E-state index contributed by atoms with van der Waals surface area (Å²) in [7, 11) is 0. The van der Waals surface area contributed by atoms with Crippen LogP contribution in [0, 0.1) is 5.92 Å². The molecule has 150 valence electrons. The molecule has 1 saturated heterocycles. The van der Waals surface area contributed by atoms with Gasteiger partial charge < -0.3 is 20.7 Å². The molecule has 6 heteroatoms. The number of rotatable bonds is 6. The Morgan fingerprint density at radius 2 is 1.96 bits per heavy atom. The van der Waals surface area contributed by atoms with Crippen LogP contribution in [-0.2, 0) is 15.0 Å². The number of hydrogen-bond donors (Lipinski definition) is 2. The quantitative estimate of drug-likeness (QED) is 0.797. The first-order valence-electron chi connectivity index (χ1n) is 9.76. The van der Waals surface area contributed by atoms with E-state index in [4.69, 9.17) is 10.5 Å². The molecule has 2 rings (SSSR count). The van der Waals surface area contributed by atoms with Crippen molar-refractivity contribution in [2.75, 3.05) is 26.2 Å². The van der Waals surface area contributed by atoms with Crippen LogP contribution in [0.5, 0.6) is 5.75 Å². The number of carbonyl (C=O) groups is 2. The minimum atomic E-state index is -0.587. The molecule has 3 N–H and O–H groups in total. The highest BCUT2D eigenvalue weighted by molar-refractivity contribution is 5.83. The van der Waals surface area contributed by atoms with Gasteiger partial charge in [-0.1, -0.05) is 32.9 Å². The number of likely N-dealkylation sites (tertiary alicyclic amines) is 1. The molecule has 0 spiro atoms. The minimum absolute atomic E-state index is 0.0238. The highest BCUT2D eigenvalue weighted by atomic mass is 16.5. The maximum Gasteiger partial charge on any atom is 0.263 e. The summed E-state index contributed by atoms with van der Waals surface area (Å²) in [6.45, 7) is 10.2. The largest absolute Gasteiger partial charge is 0.481 e. The second-order valence-electron chi connectivity index (χ2n) is 8.24. The van der Waals surface area contributed by atoms with E-state index in [0.717, 1.165) is 12.8 Å².